The first-order valence-electron chi connectivity index (χ1n) is 8.97. The molecule has 0 radical (unpaired) electrons. The molecule has 0 unspecified atom stereocenters. The smallest absolute Gasteiger partial charge is 0.277 e. The van der Waals surface area contributed by atoms with Crippen molar-refractivity contribution in [1.82, 2.24) is 25.1 Å². The van der Waals surface area contributed by atoms with Gasteiger partial charge in [-0.15, -0.1) is 10.2 Å². The molecule has 0 atom stereocenters. The van der Waals surface area contributed by atoms with Crippen molar-refractivity contribution in [2.75, 3.05) is 10.6 Å². The Kier molecular flexibility index (Phi) is 4.78. The summed E-state index contributed by atoms with van der Waals surface area (Å²) in [5.74, 6) is 1.51. The van der Waals surface area contributed by atoms with Crippen LogP contribution < -0.4 is 10.6 Å². The highest BCUT2D eigenvalue weighted by Gasteiger charge is 2.11. The van der Waals surface area contributed by atoms with Crippen LogP contribution in [0.2, 0.25) is 0 Å². The summed E-state index contributed by atoms with van der Waals surface area (Å²) in [6, 6.07) is 14.5. The van der Waals surface area contributed by atoms with E-state index in [0.29, 0.717) is 23.1 Å². The van der Waals surface area contributed by atoms with Gasteiger partial charge in [-0.3, -0.25) is 4.79 Å². The molecule has 2 N–H and O–H groups in total. The molecular formula is C20H19N7O2. The topological polar surface area (TPSA) is 111 Å². The highest BCUT2D eigenvalue weighted by atomic mass is 16.5. The van der Waals surface area contributed by atoms with Crippen molar-refractivity contribution in [3.05, 3.63) is 71.4 Å². The average molecular weight is 389 g/mol. The third kappa shape index (κ3) is 4.13. The Morgan fingerprint density at radius 1 is 0.966 bits per heavy atom. The van der Waals surface area contributed by atoms with E-state index in [1.165, 1.54) is 0 Å². The predicted molar refractivity (Wildman–Crippen MR) is 108 cm³/mol. The van der Waals surface area contributed by atoms with E-state index < -0.39 is 0 Å². The summed E-state index contributed by atoms with van der Waals surface area (Å²) in [6.07, 6.45) is 0. The molecule has 0 saturated carbocycles. The first-order valence-corrected chi connectivity index (χ1v) is 8.97. The van der Waals surface area contributed by atoms with Crippen LogP contribution >= 0.6 is 0 Å². The number of hydrogen-bond acceptors (Lipinski definition) is 7. The fourth-order valence-corrected chi connectivity index (χ4v) is 2.82. The number of benzene rings is 1. The van der Waals surface area contributed by atoms with E-state index in [4.69, 9.17) is 4.52 Å². The third-order valence-corrected chi connectivity index (χ3v) is 4.15. The van der Waals surface area contributed by atoms with Crippen molar-refractivity contribution in [1.29, 1.82) is 0 Å². The van der Waals surface area contributed by atoms with Gasteiger partial charge in [0, 0.05) is 23.1 Å². The van der Waals surface area contributed by atoms with Crippen LogP contribution in [-0.4, -0.2) is 31.0 Å². The number of amides is 1. The van der Waals surface area contributed by atoms with Gasteiger partial charge in [0.15, 0.2) is 17.3 Å². The van der Waals surface area contributed by atoms with E-state index in [2.05, 4.69) is 31.1 Å². The summed E-state index contributed by atoms with van der Waals surface area (Å²) >= 11 is 0. The Bertz CT molecular complexity index is 1140. The van der Waals surface area contributed by atoms with Gasteiger partial charge in [-0.1, -0.05) is 5.16 Å². The lowest BCUT2D eigenvalue weighted by atomic mass is 10.2. The zero-order valence-electron chi connectivity index (χ0n) is 16.2. The molecule has 9 nitrogen and oxygen atoms in total. The van der Waals surface area contributed by atoms with E-state index in [9.17, 15) is 4.79 Å². The van der Waals surface area contributed by atoms with E-state index in [-0.39, 0.29) is 11.6 Å². The molecule has 0 aliphatic heterocycles. The zero-order valence-corrected chi connectivity index (χ0v) is 16.2. The predicted octanol–water partition coefficient (Wildman–Crippen LogP) is 3.57. The van der Waals surface area contributed by atoms with Crippen molar-refractivity contribution in [2.24, 2.45) is 0 Å². The summed E-state index contributed by atoms with van der Waals surface area (Å²) in [5.41, 5.74) is 3.62. The molecular weight excluding hydrogens is 370 g/mol. The number of carbonyl (C=O) groups is 1. The molecule has 0 fully saturated rings. The number of carbonyl (C=O) groups excluding carboxylic acids is 1. The number of rotatable bonds is 5. The maximum atomic E-state index is 12.1. The molecule has 0 aliphatic carbocycles. The van der Waals surface area contributed by atoms with E-state index in [0.717, 1.165) is 17.1 Å². The van der Waals surface area contributed by atoms with Gasteiger partial charge in [0.05, 0.1) is 5.69 Å². The number of anilines is 3. The first kappa shape index (κ1) is 18.4. The second-order valence-corrected chi connectivity index (χ2v) is 6.59. The third-order valence-electron chi connectivity index (χ3n) is 4.15. The standard InChI is InChI=1S/C20H19N7O2/c1-12-10-13(2)27(25-12)19-9-8-18(23-24-19)21-15-4-6-16(7-5-15)22-20(28)17-11-14(3)29-26-17/h4-11H,1-3H3,(H,21,23)(H,22,28). The number of nitrogens with zero attached hydrogens (tertiary/aromatic N) is 5. The summed E-state index contributed by atoms with van der Waals surface area (Å²) in [4.78, 5) is 12.1. The molecule has 9 heteroatoms. The minimum atomic E-state index is -0.326. The van der Waals surface area contributed by atoms with Crippen LogP contribution in [0.15, 0.2) is 53.1 Å². The lowest BCUT2D eigenvalue weighted by Gasteiger charge is -2.08. The summed E-state index contributed by atoms with van der Waals surface area (Å²) in [6.45, 7) is 5.64. The molecule has 4 rings (SSSR count). The molecule has 0 bridgehead atoms. The first-order chi connectivity index (χ1) is 14.0. The fraction of sp³-hybridized carbons (Fsp3) is 0.150. The summed E-state index contributed by atoms with van der Waals surface area (Å²) < 4.78 is 6.66. The summed E-state index contributed by atoms with van der Waals surface area (Å²) in [5, 5.41) is 22.5. The van der Waals surface area contributed by atoms with Crippen LogP contribution in [0.4, 0.5) is 17.2 Å². The fourth-order valence-electron chi connectivity index (χ4n) is 2.82. The molecule has 3 aromatic heterocycles. The zero-order chi connectivity index (χ0) is 20.4. The normalized spacial score (nSPS) is 10.7. The van der Waals surface area contributed by atoms with Gasteiger partial charge in [0.25, 0.3) is 5.91 Å². The quantitative estimate of drug-likeness (QED) is 0.537. The average Bonchev–Trinajstić information content (AvgIpc) is 3.29. The molecule has 29 heavy (non-hydrogen) atoms. The number of aryl methyl sites for hydroxylation is 3. The van der Waals surface area contributed by atoms with Crippen molar-refractivity contribution in [2.45, 2.75) is 20.8 Å². The Hall–Kier alpha value is -4.01. The van der Waals surface area contributed by atoms with Crippen LogP contribution in [0.1, 0.15) is 27.6 Å². The monoisotopic (exact) mass is 389 g/mol. The van der Waals surface area contributed by atoms with Crippen LogP contribution in [0, 0.1) is 20.8 Å². The molecule has 3 heterocycles. The maximum absolute atomic E-state index is 12.1. The minimum absolute atomic E-state index is 0.239. The maximum Gasteiger partial charge on any atom is 0.277 e. The van der Waals surface area contributed by atoms with Crippen molar-refractivity contribution >= 4 is 23.1 Å². The van der Waals surface area contributed by atoms with Gasteiger partial charge in [0.2, 0.25) is 0 Å². The largest absolute Gasteiger partial charge is 0.361 e. The highest BCUT2D eigenvalue weighted by Crippen LogP contribution is 2.19. The molecule has 146 valence electrons. The van der Waals surface area contributed by atoms with Gasteiger partial charge >= 0.3 is 0 Å². The Morgan fingerprint density at radius 3 is 2.31 bits per heavy atom. The van der Waals surface area contributed by atoms with E-state index >= 15 is 0 Å². The van der Waals surface area contributed by atoms with Gasteiger partial charge in [-0.05, 0) is 63.2 Å². The van der Waals surface area contributed by atoms with E-state index in [1.54, 1.807) is 29.8 Å². The highest BCUT2D eigenvalue weighted by molar-refractivity contribution is 6.02. The van der Waals surface area contributed by atoms with Crippen molar-refractivity contribution < 1.29 is 9.32 Å². The van der Waals surface area contributed by atoms with Crippen LogP contribution in [0.5, 0.6) is 0 Å². The summed E-state index contributed by atoms with van der Waals surface area (Å²) in [7, 11) is 0. The molecule has 1 aromatic carbocycles. The van der Waals surface area contributed by atoms with E-state index in [1.807, 2.05) is 44.2 Å². The second kappa shape index (κ2) is 7.55. The Morgan fingerprint density at radius 2 is 1.72 bits per heavy atom. The Labute approximate surface area is 166 Å². The second-order valence-electron chi connectivity index (χ2n) is 6.59. The Balaban J connectivity index is 1.41. The number of aromatic nitrogens is 5. The number of hydrogen-bond donors (Lipinski definition) is 2. The van der Waals surface area contributed by atoms with Crippen molar-refractivity contribution in [3.63, 3.8) is 0 Å². The molecule has 0 aliphatic rings. The lowest BCUT2D eigenvalue weighted by Crippen LogP contribution is -2.12. The van der Waals surface area contributed by atoms with Crippen LogP contribution in [0.3, 0.4) is 0 Å². The molecule has 0 saturated heterocycles. The number of nitrogens with one attached hydrogen (secondary N) is 2. The molecule has 0 spiro atoms. The van der Waals surface area contributed by atoms with Gasteiger partial charge in [-0.2, -0.15) is 5.10 Å². The van der Waals surface area contributed by atoms with Crippen LogP contribution in [0.25, 0.3) is 5.82 Å². The molecule has 4 aromatic rings. The van der Waals surface area contributed by atoms with Gasteiger partial charge in [0.1, 0.15) is 5.76 Å². The van der Waals surface area contributed by atoms with Crippen molar-refractivity contribution in [3.8, 4) is 5.82 Å². The van der Waals surface area contributed by atoms with Crippen LogP contribution in [-0.2, 0) is 0 Å². The lowest BCUT2D eigenvalue weighted by molar-refractivity contribution is 0.101. The molecule has 1 amide bonds. The SMILES string of the molecule is Cc1cc(C)n(-c2ccc(Nc3ccc(NC(=O)c4cc(C)on4)cc3)nn2)n1. The minimum Gasteiger partial charge on any atom is -0.361 e. The van der Waals surface area contributed by atoms with Gasteiger partial charge < -0.3 is 15.2 Å². The van der Waals surface area contributed by atoms with Gasteiger partial charge in [-0.25, -0.2) is 4.68 Å².